The zero-order valence-electron chi connectivity index (χ0n) is 20.4. The van der Waals surface area contributed by atoms with Gasteiger partial charge in [0, 0.05) is 11.9 Å². The predicted octanol–water partition coefficient (Wildman–Crippen LogP) is 3.13. The third-order valence-electron chi connectivity index (χ3n) is 6.27. The van der Waals surface area contributed by atoms with Crippen LogP contribution in [0.1, 0.15) is 122 Å². The minimum atomic E-state index is -1.10. The first-order valence-corrected chi connectivity index (χ1v) is 12.7. The maximum Gasteiger partial charge on any atom is 1.00 e. The van der Waals surface area contributed by atoms with Crippen LogP contribution in [0.2, 0.25) is 0 Å². The van der Waals surface area contributed by atoms with Gasteiger partial charge < -0.3 is 14.6 Å². The van der Waals surface area contributed by atoms with Crippen molar-refractivity contribution in [2.24, 2.45) is 11.8 Å². The predicted molar refractivity (Wildman–Crippen MR) is 121 cm³/mol. The first-order chi connectivity index (χ1) is 14.7. The molecule has 0 saturated heterocycles. The van der Waals surface area contributed by atoms with Gasteiger partial charge in [-0.05, 0) is 44.9 Å². The van der Waals surface area contributed by atoms with Crippen molar-refractivity contribution >= 4 is 11.9 Å². The van der Waals surface area contributed by atoms with Crippen molar-refractivity contribution in [3.63, 3.8) is 0 Å². The van der Waals surface area contributed by atoms with Gasteiger partial charge in [0.15, 0.2) is 0 Å². The molecule has 1 fully saturated rings. The second-order valence-electron chi connectivity index (χ2n) is 8.92. The Morgan fingerprint density at radius 1 is 0.774 bits per heavy atom. The second kappa shape index (κ2) is 21.5. The molecule has 2 atom stereocenters. The van der Waals surface area contributed by atoms with Crippen LogP contribution < -0.4 is 34.7 Å². The summed E-state index contributed by atoms with van der Waals surface area (Å²) in [4.78, 5) is 23.3. The summed E-state index contributed by atoms with van der Waals surface area (Å²) in [6.07, 6.45) is 25.1. The summed E-state index contributed by atoms with van der Waals surface area (Å²) in [5, 5.41) is 11.2. The van der Waals surface area contributed by atoms with Gasteiger partial charge in [0.2, 0.25) is 0 Å². The fraction of sp³-hybridized carbons (Fsp3) is 0.846. The smallest absolute Gasteiger partial charge is 0.550 e. The fourth-order valence-corrected chi connectivity index (χ4v) is 4.32. The average Bonchev–Trinajstić information content (AvgIpc) is 2.75. The molecule has 5 heteroatoms. The molecule has 0 radical (unpaired) electrons. The van der Waals surface area contributed by atoms with E-state index < -0.39 is 17.8 Å². The van der Waals surface area contributed by atoms with E-state index in [1.54, 1.807) is 0 Å². The van der Waals surface area contributed by atoms with Gasteiger partial charge in [-0.2, -0.15) is 0 Å². The summed E-state index contributed by atoms with van der Waals surface area (Å²) < 4.78 is 5.34. The Morgan fingerprint density at radius 3 is 1.81 bits per heavy atom. The van der Waals surface area contributed by atoms with E-state index in [0.717, 1.165) is 25.7 Å². The molecule has 4 nitrogen and oxygen atoms in total. The van der Waals surface area contributed by atoms with Gasteiger partial charge >= 0.3 is 35.5 Å². The summed E-state index contributed by atoms with van der Waals surface area (Å²) in [5.41, 5.74) is 0. The van der Waals surface area contributed by atoms with Crippen LogP contribution >= 0.6 is 0 Å². The molecule has 1 saturated carbocycles. The van der Waals surface area contributed by atoms with E-state index in [0.29, 0.717) is 19.4 Å². The molecule has 0 N–H and O–H groups in total. The quantitative estimate of drug-likeness (QED) is 0.141. The first kappa shape index (κ1) is 30.7. The molecule has 0 bridgehead atoms. The SMILES string of the molecule is CCCCCCCC/C=C/CCCCCCCCOC(=O)C1CCCCC1C(=O)[O-].[Na+]. The summed E-state index contributed by atoms with van der Waals surface area (Å²) in [6, 6.07) is 0. The van der Waals surface area contributed by atoms with E-state index >= 15 is 0 Å². The molecule has 0 spiro atoms. The van der Waals surface area contributed by atoms with Crippen molar-refractivity contribution < 1.29 is 49.0 Å². The minimum Gasteiger partial charge on any atom is -0.550 e. The molecule has 1 rings (SSSR count). The Hall–Kier alpha value is -0.320. The van der Waals surface area contributed by atoms with Crippen LogP contribution in [0, 0.1) is 11.8 Å². The van der Waals surface area contributed by atoms with Gasteiger partial charge in [0.1, 0.15) is 0 Å². The zero-order valence-corrected chi connectivity index (χ0v) is 22.4. The van der Waals surface area contributed by atoms with E-state index in [1.807, 2.05) is 0 Å². The topological polar surface area (TPSA) is 66.4 Å². The van der Waals surface area contributed by atoms with Crippen LogP contribution in [0.4, 0.5) is 0 Å². The van der Waals surface area contributed by atoms with Crippen molar-refractivity contribution in [1.82, 2.24) is 0 Å². The average molecular weight is 445 g/mol. The number of esters is 1. The molecule has 0 amide bonds. The Bertz CT molecular complexity index is 478. The molecule has 1 aliphatic carbocycles. The van der Waals surface area contributed by atoms with E-state index in [9.17, 15) is 14.7 Å². The maximum atomic E-state index is 12.2. The zero-order chi connectivity index (χ0) is 21.9. The number of allylic oxidation sites excluding steroid dienone is 2. The number of hydrogen-bond donors (Lipinski definition) is 0. The third-order valence-corrected chi connectivity index (χ3v) is 6.27. The molecule has 0 heterocycles. The van der Waals surface area contributed by atoms with Crippen LogP contribution in [0.3, 0.4) is 0 Å². The standard InChI is InChI=1S/C26H46O4.Na/c1-2-3-4-5-6-7-8-9-10-11-12-13-14-15-16-19-22-30-26(29)24-21-18-17-20-23(24)25(27)28;/h9-10,23-24H,2-8,11-22H2,1H3,(H,27,28);/q;+1/p-1/b10-9+;. The van der Waals surface area contributed by atoms with Crippen molar-refractivity contribution in [2.45, 2.75) is 122 Å². The number of rotatable bonds is 18. The van der Waals surface area contributed by atoms with Crippen molar-refractivity contribution in [2.75, 3.05) is 6.61 Å². The number of unbranched alkanes of at least 4 members (excludes halogenated alkanes) is 12. The maximum absolute atomic E-state index is 12.2. The molecule has 0 aromatic heterocycles. The summed E-state index contributed by atoms with van der Waals surface area (Å²) in [7, 11) is 0. The molecular weight excluding hydrogens is 399 g/mol. The molecule has 2 unspecified atom stereocenters. The molecule has 1 aliphatic rings. The molecule has 0 aliphatic heterocycles. The number of carbonyl (C=O) groups is 2. The number of aliphatic carboxylic acids is 1. The van der Waals surface area contributed by atoms with Crippen LogP contribution in [0.5, 0.6) is 0 Å². The summed E-state index contributed by atoms with van der Waals surface area (Å²) in [5.74, 6) is -2.60. The van der Waals surface area contributed by atoms with E-state index in [4.69, 9.17) is 4.74 Å². The first-order valence-electron chi connectivity index (χ1n) is 12.7. The van der Waals surface area contributed by atoms with Crippen LogP contribution in [0.15, 0.2) is 12.2 Å². The Balaban J connectivity index is 0.00000900. The summed E-state index contributed by atoms with van der Waals surface area (Å²) in [6.45, 7) is 2.67. The minimum absolute atomic E-state index is 0. The van der Waals surface area contributed by atoms with Gasteiger partial charge in [-0.25, -0.2) is 0 Å². The number of carboxylic acid groups (broad SMARTS) is 1. The Morgan fingerprint density at radius 2 is 1.26 bits per heavy atom. The fourth-order valence-electron chi connectivity index (χ4n) is 4.32. The third kappa shape index (κ3) is 16.0. The molecule has 0 aromatic carbocycles. The Kier molecular flexibility index (Phi) is 21.3. The van der Waals surface area contributed by atoms with Gasteiger partial charge in [0.05, 0.1) is 12.5 Å². The molecule has 31 heavy (non-hydrogen) atoms. The normalized spacial score (nSPS) is 18.6. The molecule has 174 valence electrons. The number of ether oxygens (including phenoxy) is 1. The van der Waals surface area contributed by atoms with E-state index in [2.05, 4.69) is 19.1 Å². The van der Waals surface area contributed by atoms with Crippen LogP contribution in [0.25, 0.3) is 0 Å². The number of carboxylic acids is 1. The van der Waals surface area contributed by atoms with Gasteiger partial charge in [0.25, 0.3) is 0 Å². The Labute approximate surface area is 213 Å². The van der Waals surface area contributed by atoms with Crippen molar-refractivity contribution in [3.8, 4) is 0 Å². The van der Waals surface area contributed by atoms with E-state index in [-0.39, 0.29) is 35.5 Å². The largest absolute Gasteiger partial charge is 1.00 e. The van der Waals surface area contributed by atoms with Gasteiger partial charge in [-0.3, -0.25) is 4.79 Å². The van der Waals surface area contributed by atoms with Gasteiger partial charge in [-0.1, -0.05) is 89.7 Å². The van der Waals surface area contributed by atoms with Crippen molar-refractivity contribution in [3.05, 3.63) is 12.2 Å². The van der Waals surface area contributed by atoms with Gasteiger partial charge in [-0.15, -0.1) is 0 Å². The van der Waals surface area contributed by atoms with E-state index in [1.165, 1.54) is 77.0 Å². The van der Waals surface area contributed by atoms with Crippen molar-refractivity contribution in [1.29, 1.82) is 0 Å². The second-order valence-corrected chi connectivity index (χ2v) is 8.92. The monoisotopic (exact) mass is 444 g/mol. The van der Waals surface area contributed by atoms with Crippen LogP contribution in [-0.4, -0.2) is 18.5 Å². The molecular formula is C26H45NaO4. The number of carbonyl (C=O) groups excluding carboxylic acids is 2. The number of hydrogen-bond acceptors (Lipinski definition) is 4. The van der Waals surface area contributed by atoms with Crippen LogP contribution in [-0.2, 0) is 14.3 Å². The molecule has 0 aromatic rings. The summed E-state index contributed by atoms with van der Waals surface area (Å²) >= 11 is 0.